The van der Waals surface area contributed by atoms with Crippen molar-refractivity contribution < 1.29 is 51.9 Å². The van der Waals surface area contributed by atoms with Crippen molar-refractivity contribution in [1.29, 1.82) is 0 Å². The molecule has 0 atom stereocenters. The zero-order valence-electron chi connectivity index (χ0n) is 30.2. The fourth-order valence-electron chi connectivity index (χ4n) is 5.34. The van der Waals surface area contributed by atoms with Crippen molar-refractivity contribution >= 4 is 21.6 Å². The Labute approximate surface area is 281 Å². The third-order valence-corrected chi connectivity index (χ3v) is 9.19. The SMILES string of the molecule is CC(=O)N(CCC(C)(C)NCCCOC(COP(=O)(O)O)COP(=O)(O)O)C(C)(C)Cc1ccc(C[N+](C)(C)N(C)C(C)(C)C)cc1. The fraction of sp³-hybridized carbons (Fsp3) is 0.774. The molecule has 0 saturated heterocycles. The number of nitrogens with zero attached hydrogens (tertiary/aromatic N) is 3. The molecule has 1 aromatic rings. The number of carbonyl (C=O) groups is 1. The van der Waals surface area contributed by atoms with Gasteiger partial charge in [0.25, 0.3) is 0 Å². The maximum atomic E-state index is 12.8. The Bertz CT molecular complexity index is 1180. The van der Waals surface area contributed by atoms with Crippen molar-refractivity contribution in [2.75, 3.05) is 54.1 Å². The number of carbonyl (C=O) groups excluding carboxylic acids is 1. The molecule has 14 nitrogen and oxygen atoms in total. The minimum absolute atomic E-state index is 0.00109. The fourth-order valence-corrected chi connectivity index (χ4v) is 6.06. The van der Waals surface area contributed by atoms with E-state index >= 15 is 0 Å². The number of nitrogens with one attached hydrogen (secondary N) is 1. The average molecular weight is 712 g/mol. The highest BCUT2D eigenvalue weighted by Crippen LogP contribution is 2.38. The lowest BCUT2D eigenvalue weighted by molar-refractivity contribution is -1.02. The van der Waals surface area contributed by atoms with E-state index in [0.29, 0.717) is 32.4 Å². The van der Waals surface area contributed by atoms with Crippen LogP contribution in [0.3, 0.4) is 0 Å². The number of rotatable bonds is 21. The summed E-state index contributed by atoms with van der Waals surface area (Å²) in [5, 5.41) is 5.79. The molecule has 0 spiro atoms. The quantitative estimate of drug-likeness (QED) is 0.0540. The Morgan fingerprint density at radius 2 is 1.40 bits per heavy atom. The largest absolute Gasteiger partial charge is 0.469 e. The number of hydrogen-bond acceptors (Lipinski definition) is 8. The number of quaternary nitrogens is 1. The van der Waals surface area contributed by atoms with Crippen LogP contribution >= 0.6 is 15.6 Å². The van der Waals surface area contributed by atoms with E-state index < -0.39 is 40.5 Å². The summed E-state index contributed by atoms with van der Waals surface area (Å²) >= 11 is 0. The highest BCUT2D eigenvalue weighted by molar-refractivity contribution is 7.46. The van der Waals surface area contributed by atoms with Crippen LogP contribution in [0.15, 0.2) is 24.3 Å². The first-order chi connectivity index (χ1) is 21.1. The smallest absolute Gasteiger partial charge is 0.373 e. The van der Waals surface area contributed by atoms with Gasteiger partial charge in [0.1, 0.15) is 12.6 Å². The van der Waals surface area contributed by atoms with E-state index in [4.69, 9.17) is 24.3 Å². The summed E-state index contributed by atoms with van der Waals surface area (Å²) in [6.07, 6.45) is 0.786. The molecule has 0 fully saturated rings. The first kappa shape index (κ1) is 43.8. The second-order valence-corrected chi connectivity index (χ2v) is 17.4. The van der Waals surface area contributed by atoms with E-state index in [1.807, 2.05) is 18.7 Å². The summed E-state index contributed by atoms with van der Waals surface area (Å²) < 4.78 is 37.1. The highest BCUT2D eigenvalue weighted by atomic mass is 31.2. The number of hydrogen-bond donors (Lipinski definition) is 5. The minimum Gasteiger partial charge on any atom is -0.373 e. The van der Waals surface area contributed by atoms with Crippen LogP contribution in [0.2, 0.25) is 0 Å². The molecule has 1 amide bonds. The number of phosphoric acid groups is 2. The lowest BCUT2D eigenvalue weighted by atomic mass is 9.90. The molecule has 5 N–H and O–H groups in total. The van der Waals surface area contributed by atoms with E-state index in [2.05, 4.69) is 99.4 Å². The Morgan fingerprint density at radius 1 is 0.915 bits per heavy atom. The number of amides is 1. The van der Waals surface area contributed by atoms with Gasteiger partial charge in [0.05, 0.1) is 32.8 Å². The van der Waals surface area contributed by atoms with Crippen molar-refractivity contribution in [1.82, 2.24) is 15.2 Å². The monoisotopic (exact) mass is 711 g/mol. The molecule has 0 unspecified atom stereocenters. The highest BCUT2D eigenvalue weighted by Gasteiger charge is 2.33. The molecular formula is C31H61N4O10P2+. The van der Waals surface area contributed by atoms with Gasteiger partial charge in [-0.1, -0.05) is 24.3 Å². The molecule has 1 rings (SSSR count). The Kier molecular flexibility index (Phi) is 16.4. The topological polar surface area (TPSA) is 178 Å². The Hall–Kier alpha value is -1.25. The molecule has 0 heterocycles. The second kappa shape index (κ2) is 17.6. The minimum atomic E-state index is -4.80. The van der Waals surface area contributed by atoms with Crippen LogP contribution in [0.25, 0.3) is 0 Å². The predicted molar refractivity (Wildman–Crippen MR) is 182 cm³/mol. The third kappa shape index (κ3) is 17.8. The maximum Gasteiger partial charge on any atom is 0.469 e. The third-order valence-electron chi connectivity index (χ3n) is 8.22. The molecule has 1 aromatic carbocycles. The molecule has 0 aliphatic heterocycles. The molecule has 47 heavy (non-hydrogen) atoms. The van der Waals surface area contributed by atoms with Crippen LogP contribution in [-0.2, 0) is 40.7 Å². The van der Waals surface area contributed by atoms with Crippen LogP contribution in [0.5, 0.6) is 0 Å². The normalized spacial score (nSPS) is 13.9. The van der Waals surface area contributed by atoms with Gasteiger partial charge < -0.3 is 34.5 Å². The van der Waals surface area contributed by atoms with Crippen LogP contribution in [-0.4, -0.2) is 117 Å². The number of phosphoric ester groups is 2. The van der Waals surface area contributed by atoms with Crippen LogP contribution in [0, 0.1) is 0 Å². The average Bonchev–Trinajstić information content (AvgIpc) is 2.88. The van der Waals surface area contributed by atoms with Crippen LogP contribution < -0.4 is 5.32 Å². The molecule has 0 aliphatic rings. The zero-order valence-corrected chi connectivity index (χ0v) is 32.0. The summed E-state index contributed by atoms with van der Waals surface area (Å²) in [7, 11) is -3.04. The van der Waals surface area contributed by atoms with Gasteiger partial charge in [-0.25, -0.2) is 13.7 Å². The second-order valence-electron chi connectivity index (χ2n) is 14.9. The van der Waals surface area contributed by atoms with Crippen molar-refractivity contribution in [2.24, 2.45) is 0 Å². The molecule has 0 aromatic heterocycles. The first-order valence-corrected chi connectivity index (χ1v) is 18.9. The maximum absolute atomic E-state index is 12.8. The molecule has 0 radical (unpaired) electrons. The van der Waals surface area contributed by atoms with Crippen molar-refractivity contribution in [3.8, 4) is 0 Å². The van der Waals surface area contributed by atoms with Crippen molar-refractivity contribution in [3.05, 3.63) is 35.4 Å². The first-order valence-electron chi connectivity index (χ1n) is 15.8. The van der Waals surface area contributed by atoms with Gasteiger partial charge in [0, 0.05) is 43.8 Å². The molecular weight excluding hydrogens is 650 g/mol. The predicted octanol–water partition coefficient (Wildman–Crippen LogP) is 3.83. The number of benzene rings is 1. The van der Waals surface area contributed by atoms with E-state index in [0.717, 1.165) is 16.7 Å². The lowest BCUT2D eigenvalue weighted by Gasteiger charge is -2.44. The summed E-state index contributed by atoms with van der Waals surface area (Å²) in [5.41, 5.74) is 1.69. The van der Waals surface area contributed by atoms with E-state index in [9.17, 15) is 13.9 Å². The van der Waals surface area contributed by atoms with Crippen molar-refractivity contribution in [2.45, 2.75) is 104 Å². The molecule has 0 bridgehead atoms. The molecule has 0 saturated carbocycles. The van der Waals surface area contributed by atoms with Gasteiger partial charge in [0.2, 0.25) is 5.91 Å². The van der Waals surface area contributed by atoms with Gasteiger partial charge in [-0.05, 0) is 79.8 Å². The van der Waals surface area contributed by atoms with Gasteiger partial charge in [-0.2, -0.15) is 5.01 Å². The standard InChI is InChI=1S/C31H60N4O10P2/c1-25(36)34(31(7,8)21-26-13-15-27(16-14-26)22-35(10,11)33(9)29(2,3)4)19-17-30(5,6)32-18-12-20-43-28(23-44-46(37,38)39)24-45-47(40,41)42/h13-16,28,32H,12,17-24H2,1-11H3,(H3-,37,38,39,40,41,42)/p+1. The lowest BCUT2D eigenvalue weighted by Crippen LogP contribution is -2.59. The Morgan fingerprint density at radius 3 is 1.85 bits per heavy atom. The zero-order chi connectivity index (χ0) is 36.5. The summed E-state index contributed by atoms with van der Waals surface area (Å²) in [6.45, 7) is 17.3. The van der Waals surface area contributed by atoms with E-state index in [1.54, 1.807) is 6.92 Å². The van der Waals surface area contributed by atoms with Crippen LogP contribution in [0.1, 0.15) is 79.4 Å². The van der Waals surface area contributed by atoms with Crippen LogP contribution in [0.4, 0.5) is 0 Å². The summed E-state index contributed by atoms with van der Waals surface area (Å²) in [4.78, 5) is 50.4. The van der Waals surface area contributed by atoms with Gasteiger partial charge in [-0.3, -0.25) is 13.8 Å². The summed E-state index contributed by atoms with van der Waals surface area (Å²) in [5.74, 6) is 0.00109. The number of ether oxygens (including phenoxy) is 1. The van der Waals surface area contributed by atoms with E-state index in [-0.39, 0.29) is 23.6 Å². The molecule has 274 valence electrons. The van der Waals surface area contributed by atoms with Gasteiger partial charge in [0.15, 0.2) is 0 Å². The van der Waals surface area contributed by atoms with Gasteiger partial charge in [-0.15, -0.1) is 0 Å². The van der Waals surface area contributed by atoms with E-state index in [1.165, 1.54) is 5.56 Å². The van der Waals surface area contributed by atoms with Gasteiger partial charge >= 0.3 is 15.6 Å². The Balaban J connectivity index is 2.70. The molecule has 0 aliphatic carbocycles. The summed E-state index contributed by atoms with van der Waals surface area (Å²) in [6, 6.07) is 8.66. The van der Waals surface area contributed by atoms with Crippen molar-refractivity contribution in [3.63, 3.8) is 0 Å². The molecule has 16 heteroatoms.